The molecule has 0 aliphatic rings. The highest BCUT2D eigenvalue weighted by molar-refractivity contribution is 6.31. The quantitative estimate of drug-likeness (QED) is 0.674. The number of hydrogen-bond donors (Lipinski definition) is 1. The number of carbonyl (C=O) groups is 1. The number of nitrogens with one attached hydrogen (secondary N) is 1. The van der Waals surface area contributed by atoms with Crippen LogP contribution >= 0.6 is 11.6 Å². The number of nitrogens with zero attached hydrogens (tertiary/aromatic N) is 1. The molecule has 22 heavy (non-hydrogen) atoms. The molecule has 0 radical (unpaired) electrons. The zero-order chi connectivity index (χ0) is 16.1. The summed E-state index contributed by atoms with van der Waals surface area (Å²) in [7, 11) is 0. The van der Waals surface area contributed by atoms with E-state index in [9.17, 15) is 14.9 Å². The number of anilines is 1. The molecule has 1 N–H and O–H groups in total. The fourth-order valence-corrected chi connectivity index (χ4v) is 1.84. The number of carbonyl (C=O) groups excluding carboxylic acids is 1. The Labute approximate surface area is 131 Å². The first kappa shape index (κ1) is 15.8. The Bertz CT molecular complexity index is 701. The number of nitro benzene ring substituents is 1. The Hall–Kier alpha value is -2.60. The van der Waals surface area contributed by atoms with Crippen molar-refractivity contribution in [3.63, 3.8) is 0 Å². The van der Waals surface area contributed by atoms with Crippen molar-refractivity contribution < 1.29 is 14.5 Å². The van der Waals surface area contributed by atoms with Gasteiger partial charge in [0.25, 0.3) is 11.6 Å². The highest BCUT2D eigenvalue weighted by Gasteiger charge is 2.07. The van der Waals surface area contributed by atoms with Crippen LogP contribution in [-0.4, -0.2) is 17.4 Å². The van der Waals surface area contributed by atoms with Gasteiger partial charge in [-0.2, -0.15) is 0 Å². The van der Waals surface area contributed by atoms with Crippen LogP contribution in [0.5, 0.6) is 5.75 Å². The largest absolute Gasteiger partial charge is 0.484 e. The molecule has 0 aromatic heterocycles. The molecule has 0 heterocycles. The molecule has 0 aliphatic carbocycles. The molecule has 0 saturated carbocycles. The Balaban J connectivity index is 1.89. The van der Waals surface area contributed by atoms with E-state index in [0.717, 1.165) is 5.56 Å². The van der Waals surface area contributed by atoms with Gasteiger partial charge in [-0.05, 0) is 42.8 Å². The van der Waals surface area contributed by atoms with Gasteiger partial charge in [0.2, 0.25) is 0 Å². The Morgan fingerprint density at radius 2 is 1.95 bits per heavy atom. The molecule has 0 atom stereocenters. The van der Waals surface area contributed by atoms with Crippen molar-refractivity contribution >= 4 is 28.9 Å². The highest BCUT2D eigenvalue weighted by Crippen LogP contribution is 2.21. The zero-order valence-corrected chi connectivity index (χ0v) is 12.5. The van der Waals surface area contributed by atoms with E-state index in [0.29, 0.717) is 16.5 Å². The van der Waals surface area contributed by atoms with Crippen molar-refractivity contribution in [2.45, 2.75) is 6.92 Å². The van der Waals surface area contributed by atoms with Crippen LogP contribution in [0.25, 0.3) is 0 Å². The van der Waals surface area contributed by atoms with E-state index < -0.39 is 4.92 Å². The van der Waals surface area contributed by atoms with Crippen molar-refractivity contribution in [3.8, 4) is 5.75 Å². The van der Waals surface area contributed by atoms with Crippen molar-refractivity contribution in [2.24, 2.45) is 0 Å². The maximum atomic E-state index is 11.8. The second kappa shape index (κ2) is 6.91. The fraction of sp³-hybridized carbons (Fsp3) is 0.133. The van der Waals surface area contributed by atoms with Gasteiger partial charge in [0.1, 0.15) is 5.75 Å². The van der Waals surface area contributed by atoms with Crippen LogP contribution in [0.4, 0.5) is 11.4 Å². The number of ether oxygens (including phenoxy) is 1. The predicted octanol–water partition coefficient (Wildman–Crippen LogP) is 3.57. The normalized spacial score (nSPS) is 10.1. The Morgan fingerprint density at radius 3 is 2.55 bits per heavy atom. The third kappa shape index (κ3) is 4.20. The lowest BCUT2D eigenvalue weighted by Gasteiger charge is -2.08. The van der Waals surface area contributed by atoms with Gasteiger partial charge in [-0.3, -0.25) is 14.9 Å². The lowest BCUT2D eigenvalue weighted by Crippen LogP contribution is -2.20. The SMILES string of the molecule is Cc1cc(OCC(=O)Nc2ccc([N+](=O)[O-])cc2)ccc1Cl. The summed E-state index contributed by atoms with van der Waals surface area (Å²) >= 11 is 5.90. The van der Waals surface area contributed by atoms with Gasteiger partial charge in [0, 0.05) is 22.8 Å². The Kier molecular flexibility index (Phi) is 4.95. The molecule has 0 bridgehead atoms. The van der Waals surface area contributed by atoms with Crippen molar-refractivity contribution in [2.75, 3.05) is 11.9 Å². The summed E-state index contributed by atoms with van der Waals surface area (Å²) in [5.74, 6) is 0.183. The molecule has 0 fully saturated rings. The second-order valence-electron chi connectivity index (χ2n) is 4.55. The first-order valence-corrected chi connectivity index (χ1v) is 6.77. The fourth-order valence-electron chi connectivity index (χ4n) is 1.72. The standard InChI is InChI=1S/C15H13ClN2O4/c1-10-8-13(6-7-14(10)16)22-9-15(19)17-11-2-4-12(5-3-11)18(20)21/h2-8H,9H2,1H3,(H,17,19). The number of halogens is 1. The van der Waals surface area contributed by atoms with Gasteiger partial charge >= 0.3 is 0 Å². The number of aryl methyl sites for hydroxylation is 1. The molecule has 1 amide bonds. The lowest BCUT2D eigenvalue weighted by molar-refractivity contribution is -0.384. The molecule has 114 valence electrons. The molecular formula is C15H13ClN2O4. The van der Waals surface area contributed by atoms with Crippen LogP contribution < -0.4 is 10.1 Å². The lowest BCUT2D eigenvalue weighted by atomic mass is 10.2. The average Bonchev–Trinajstić information content (AvgIpc) is 2.49. The van der Waals surface area contributed by atoms with E-state index in [1.807, 2.05) is 6.92 Å². The number of rotatable bonds is 5. The minimum absolute atomic E-state index is 0.0362. The minimum Gasteiger partial charge on any atom is -0.484 e. The molecule has 2 rings (SSSR count). The van der Waals surface area contributed by atoms with Crippen molar-refractivity contribution in [1.29, 1.82) is 0 Å². The van der Waals surface area contributed by atoms with E-state index in [2.05, 4.69) is 5.32 Å². The number of hydrogen-bond acceptors (Lipinski definition) is 4. The summed E-state index contributed by atoms with van der Waals surface area (Å²) in [5.41, 5.74) is 1.28. The third-order valence-corrected chi connectivity index (χ3v) is 3.29. The maximum Gasteiger partial charge on any atom is 0.269 e. The van der Waals surface area contributed by atoms with Gasteiger partial charge in [-0.1, -0.05) is 11.6 Å². The molecule has 2 aromatic carbocycles. The molecule has 0 aliphatic heterocycles. The van der Waals surface area contributed by atoms with Crippen LogP contribution in [-0.2, 0) is 4.79 Å². The molecule has 7 heteroatoms. The number of amides is 1. The molecule has 2 aromatic rings. The smallest absolute Gasteiger partial charge is 0.269 e. The van der Waals surface area contributed by atoms with Gasteiger partial charge in [0.05, 0.1) is 4.92 Å². The summed E-state index contributed by atoms with van der Waals surface area (Å²) in [6.07, 6.45) is 0. The van der Waals surface area contributed by atoms with Crippen LogP contribution in [0.3, 0.4) is 0 Å². The van der Waals surface area contributed by atoms with Crippen molar-refractivity contribution in [1.82, 2.24) is 0 Å². The Morgan fingerprint density at radius 1 is 1.27 bits per heavy atom. The molecule has 0 unspecified atom stereocenters. The summed E-state index contributed by atoms with van der Waals surface area (Å²) in [4.78, 5) is 21.8. The topological polar surface area (TPSA) is 81.5 Å². The summed E-state index contributed by atoms with van der Waals surface area (Å²) in [6.45, 7) is 1.67. The van der Waals surface area contributed by atoms with E-state index in [1.165, 1.54) is 24.3 Å². The molecule has 6 nitrogen and oxygen atoms in total. The van der Waals surface area contributed by atoms with Gasteiger partial charge < -0.3 is 10.1 Å². The molecule has 0 spiro atoms. The maximum absolute atomic E-state index is 11.8. The molecular weight excluding hydrogens is 308 g/mol. The van der Waals surface area contributed by atoms with E-state index in [1.54, 1.807) is 18.2 Å². The monoisotopic (exact) mass is 320 g/mol. The van der Waals surface area contributed by atoms with Crippen LogP contribution in [0.1, 0.15) is 5.56 Å². The van der Waals surface area contributed by atoms with Gasteiger partial charge in [-0.15, -0.1) is 0 Å². The zero-order valence-electron chi connectivity index (χ0n) is 11.7. The van der Waals surface area contributed by atoms with E-state index in [4.69, 9.17) is 16.3 Å². The second-order valence-corrected chi connectivity index (χ2v) is 4.96. The van der Waals surface area contributed by atoms with E-state index in [-0.39, 0.29) is 18.2 Å². The number of benzene rings is 2. The predicted molar refractivity (Wildman–Crippen MR) is 83.4 cm³/mol. The van der Waals surface area contributed by atoms with Gasteiger partial charge in [-0.25, -0.2) is 0 Å². The summed E-state index contributed by atoms with van der Waals surface area (Å²) in [6, 6.07) is 10.7. The first-order chi connectivity index (χ1) is 10.5. The number of non-ortho nitro benzene ring substituents is 1. The van der Waals surface area contributed by atoms with Crippen LogP contribution in [0.15, 0.2) is 42.5 Å². The van der Waals surface area contributed by atoms with E-state index >= 15 is 0 Å². The summed E-state index contributed by atoms with van der Waals surface area (Å²) < 4.78 is 5.36. The van der Waals surface area contributed by atoms with Crippen molar-refractivity contribution in [3.05, 3.63) is 63.2 Å². The van der Waals surface area contributed by atoms with Gasteiger partial charge in [0.15, 0.2) is 6.61 Å². The van der Waals surface area contributed by atoms with Crippen LogP contribution in [0, 0.1) is 17.0 Å². The third-order valence-electron chi connectivity index (χ3n) is 2.86. The number of nitro groups is 1. The molecule has 0 saturated heterocycles. The average molecular weight is 321 g/mol. The van der Waals surface area contributed by atoms with Crippen LogP contribution in [0.2, 0.25) is 5.02 Å². The summed E-state index contributed by atoms with van der Waals surface area (Å²) in [5, 5.41) is 13.8. The first-order valence-electron chi connectivity index (χ1n) is 6.39. The minimum atomic E-state index is -0.502. The highest BCUT2D eigenvalue weighted by atomic mass is 35.5.